The van der Waals surface area contributed by atoms with Gasteiger partial charge < -0.3 is 0 Å². The molecule has 10 rings (SSSR count). The van der Waals surface area contributed by atoms with Crippen molar-refractivity contribution in [2.75, 3.05) is 0 Å². The molecule has 0 heterocycles. The van der Waals surface area contributed by atoms with Gasteiger partial charge in [0, 0.05) is 0 Å². The highest BCUT2D eigenvalue weighted by atomic mass is 14.2. The second kappa shape index (κ2) is 12.5. The van der Waals surface area contributed by atoms with Gasteiger partial charge in [-0.25, -0.2) is 0 Å². The maximum atomic E-state index is 2.34. The number of fused-ring (bicyclic) bond motifs is 4. The standard InChI is InChI=1S/C52H34/c1-3-11-43-33-45(31-27-35(43)9-1)41-23-21-39(22-24-41)37-17-19-38(20-18-37)40-25-29-42(30-26-40)51-47-13-5-7-15-49(47)52(50-16-8-6-14-48(50)51)46-32-28-36-10-2-4-12-44(36)34-46/h1-34H. The highest BCUT2D eigenvalue weighted by Crippen LogP contribution is 2.44. The molecule has 0 amide bonds. The first kappa shape index (κ1) is 30.1. The van der Waals surface area contributed by atoms with E-state index in [0.717, 1.165) is 0 Å². The molecular weight excluding hydrogens is 625 g/mol. The summed E-state index contributed by atoms with van der Waals surface area (Å²) in [5.74, 6) is 0. The summed E-state index contributed by atoms with van der Waals surface area (Å²) in [5, 5.41) is 10.2. The zero-order chi connectivity index (χ0) is 34.4. The Labute approximate surface area is 303 Å². The van der Waals surface area contributed by atoms with Crippen LogP contribution in [0.5, 0.6) is 0 Å². The summed E-state index contributed by atoms with van der Waals surface area (Å²) < 4.78 is 0. The van der Waals surface area contributed by atoms with Gasteiger partial charge in [0.1, 0.15) is 0 Å². The molecule has 0 fully saturated rings. The predicted molar refractivity (Wildman–Crippen MR) is 224 cm³/mol. The van der Waals surface area contributed by atoms with Crippen molar-refractivity contribution < 1.29 is 0 Å². The largest absolute Gasteiger partial charge is 0.0616 e. The van der Waals surface area contributed by atoms with Crippen LogP contribution in [0.15, 0.2) is 206 Å². The fourth-order valence-electron chi connectivity index (χ4n) is 8.00. The van der Waals surface area contributed by atoms with E-state index in [1.807, 2.05) is 0 Å². The summed E-state index contributed by atoms with van der Waals surface area (Å²) in [6, 6.07) is 75.5. The summed E-state index contributed by atoms with van der Waals surface area (Å²) in [7, 11) is 0. The third-order valence-electron chi connectivity index (χ3n) is 10.7. The first-order chi connectivity index (χ1) is 25.8. The van der Waals surface area contributed by atoms with Crippen LogP contribution in [0.3, 0.4) is 0 Å². The fourth-order valence-corrected chi connectivity index (χ4v) is 8.00. The number of benzene rings is 10. The molecule has 10 aromatic carbocycles. The average molecular weight is 659 g/mol. The quantitative estimate of drug-likeness (QED) is 0.161. The van der Waals surface area contributed by atoms with Crippen LogP contribution in [-0.4, -0.2) is 0 Å². The van der Waals surface area contributed by atoms with Gasteiger partial charge in [-0.15, -0.1) is 0 Å². The maximum Gasteiger partial charge on any atom is -0.00262 e. The maximum absolute atomic E-state index is 2.34. The highest BCUT2D eigenvalue weighted by molar-refractivity contribution is 6.21. The van der Waals surface area contributed by atoms with E-state index in [1.165, 1.54) is 98.7 Å². The van der Waals surface area contributed by atoms with Crippen molar-refractivity contribution in [3.05, 3.63) is 206 Å². The summed E-state index contributed by atoms with van der Waals surface area (Å²) in [6.07, 6.45) is 0. The van der Waals surface area contributed by atoms with Crippen LogP contribution in [0.2, 0.25) is 0 Å². The molecular formula is C52H34. The van der Waals surface area contributed by atoms with Crippen LogP contribution in [-0.2, 0) is 0 Å². The molecule has 0 nitrogen and oxygen atoms in total. The van der Waals surface area contributed by atoms with Crippen LogP contribution < -0.4 is 0 Å². The molecule has 52 heavy (non-hydrogen) atoms. The van der Waals surface area contributed by atoms with Crippen molar-refractivity contribution in [1.82, 2.24) is 0 Å². The van der Waals surface area contributed by atoms with E-state index >= 15 is 0 Å². The van der Waals surface area contributed by atoms with Gasteiger partial charge in [-0.3, -0.25) is 0 Å². The summed E-state index contributed by atoms with van der Waals surface area (Å²) in [5.41, 5.74) is 12.4. The normalized spacial score (nSPS) is 11.5. The van der Waals surface area contributed by atoms with Crippen molar-refractivity contribution in [3.8, 4) is 55.6 Å². The van der Waals surface area contributed by atoms with Gasteiger partial charge in [0.05, 0.1) is 0 Å². The summed E-state index contributed by atoms with van der Waals surface area (Å²) in [4.78, 5) is 0. The van der Waals surface area contributed by atoms with Gasteiger partial charge >= 0.3 is 0 Å². The number of hydrogen-bond acceptors (Lipinski definition) is 0. The molecule has 0 heteroatoms. The molecule has 242 valence electrons. The molecule has 0 saturated carbocycles. The zero-order valence-corrected chi connectivity index (χ0v) is 28.6. The molecule has 0 spiro atoms. The Morgan fingerprint density at radius 2 is 0.442 bits per heavy atom. The average Bonchev–Trinajstić information content (AvgIpc) is 3.22. The van der Waals surface area contributed by atoms with Crippen molar-refractivity contribution in [1.29, 1.82) is 0 Å². The monoisotopic (exact) mass is 658 g/mol. The van der Waals surface area contributed by atoms with E-state index in [0.29, 0.717) is 0 Å². The first-order valence-corrected chi connectivity index (χ1v) is 18.0. The zero-order valence-electron chi connectivity index (χ0n) is 28.6. The van der Waals surface area contributed by atoms with Crippen molar-refractivity contribution >= 4 is 43.1 Å². The summed E-state index contributed by atoms with van der Waals surface area (Å²) >= 11 is 0. The van der Waals surface area contributed by atoms with Crippen LogP contribution in [0.25, 0.3) is 98.7 Å². The second-order valence-electron chi connectivity index (χ2n) is 13.7. The topological polar surface area (TPSA) is 0 Å². The lowest BCUT2D eigenvalue weighted by Crippen LogP contribution is -1.91. The van der Waals surface area contributed by atoms with E-state index < -0.39 is 0 Å². The lowest BCUT2D eigenvalue weighted by molar-refractivity contribution is 1.58. The predicted octanol–water partition coefficient (Wildman–Crippen LogP) is 14.6. The number of hydrogen-bond donors (Lipinski definition) is 0. The minimum Gasteiger partial charge on any atom is -0.0616 e. The van der Waals surface area contributed by atoms with Crippen molar-refractivity contribution in [2.24, 2.45) is 0 Å². The van der Waals surface area contributed by atoms with Gasteiger partial charge in [0.2, 0.25) is 0 Å². The lowest BCUT2D eigenvalue weighted by atomic mass is 9.85. The Balaban J connectivity index is 0.975. The van der Waals surface area contributed by atoms with Crippen LogP contribution in [0, 0.1) is 0 Å². The Morgan fingerprint density at radius 1 is 0.173 bits per heavy atom. The van der Waals surface area contributed by atoms with E-state index in [4.69, 9.17) is 0 Å². The van der Waals surface area contributed by atoms with Gasteiger partial charge in [0.25, 0.3) is 0 Å². The molecule has 0 radical (unpaired) electrons. The molecule has 0 unspecified atom stereocenters. The van der Waals surface area contributed by atoms with Crippen LogP contribution in [0.4, 0.5) is 0 Å². The highest BCUT2D eigenvalue weighted by Gasteiger charge is 2.17. The Kier molecular flexibility index (Phi) is 7.25. The van der Waals surface area contributed by atoms with Crippen LogP contribution >= 0.6 is 0 Å². The first-order valence-electron chi connectivity index (χ1n) is 18.0. The molecule has 0 aliphatic rings. The van der Waals surface area contributed by atoms with Crippen molar-refractivity contribution in [2.45, 2.75) is 0 Å². The molecule has 0 aliphatic heterocycles. The van der Waals surface area contributed by atoms with E-state index in [1.54, 1.807) is 0 Å². The minimum absolute atomic E-state index is 1.21. The second-order valence-corrected chi connectivity index (χ2v) is 13.7. The molecule has 0 aliphatic carbocycles. The Bertz CT molecular complexity index is 2850. The SMILES string of the molecule is c1ccc2cc(-c3ccc(-c4ccc(-c5ccc(-c6c7ccccc7c(-c7ccc8ccccc8c7)c7ccccc67)cc5)cc4)cc3)ccc2c1. The Hall–Kier alpha value is -6.76. The van der Waals surface area contributed by atoms with Gasteiger partial charge in [-0.1, -0.05) is 194 Å². The Morgan fingerprint density at radius 3 is 0.865 bits per heavy atom. The molecule has 0 bridgehead atoms. The molecule has 10 aromatic rings. The van der Waals surface area contributed by atoms with Gasteiger partial charge in [-0.05, 0) is 111 Å². The van der Waals surface area contributed by atoms with E-state index in [2.05, 4.69) is 206 Å². The van der Waals surface area contributed by atoms with E-state index in [-0.39, 0.29) is 0 Å². The van der Waals surface area contributed by atoms with Crippen LogP contribution in [0.1, 0.15) is 0 Å². The van der Waals surface area contributed by atoms with Crippen molar-refractivity contribution in [3.63, 3.8) is 0 Å². The van der Waals surface area contributed by atoms with E-state index in [9.17, 15) is 0 Å². The molecule has 0 aromatic heterocycles. The fraction of sp³-hybridized carbons (Fsp3) is 0. The molecule has 0 saturated heterocycles. The third-order valence-corrected chi connectivity index (χ3v) is 10.7. The van der Waals surface area contributed by atoms with Gasteiger partial charge in [-0.2, -0.15) is 0 Å². The number of rotatable bonds is 5. The van der Waals surface area contributed by atoms with Gasteiger partial charge in [0.15, 0.2) is 0 Å². The molecule has 0 N–H and O–H groups in total. The minimum atomic E-state index is 1.21. The third kappa shape index (κ3) is 5.25. The molecule has 0 atom stereocenters. The smallest absolute Gasteiger partial charge is 0.00262 e. The lowest BCUT2D eigenvalue weighted by Gasteiger charge is -2.18. The summed E-state index contributed by atoms with van der Waals surface area (Å²) in [6.45, 7) is 0.